The first-order chi connectivity index (χ1) is 12.0. The number of rotatable bonds is 7. The fourth-order valence-electron chi connectivity index (χ4n) is 2.99. The maximum atomic E-state index is 12.8. The smallest absolute Gasteiger partial charge is 0.234 e. The number of halogens is 2. The fraction of sp³-hybridized carbons (Fsp3) is 0.556. The molecule has 0 radical (unpaired) electrons. The zero-order valence-corrected chi connectivity index (χ0v) is 16.5. The monoisotopic (exact) mass is 403 g/mol. The summed E-state index contributed by atoms with van der Waals surface area (Å²) < 4.78 is 12.8. The van der Waals surface area contributed by atoms with E-state index in [0.29, 0.717) is 18.2 Å². The molecule has 2 amide bonds. The quantitative estimate of drug-likeness (QED) is 0.653. The summed E-state index contributed by atoms with van der Waals surface area (Å²) in [5, 5.41) is 5.45. The number of anilines is 1. The number of carbonyl (C=O) groups is 2. The van der Waals surface area contributed by atoms with Gasteiger partial charge in [-0.1, -0.05) is 12.8 Å². The Kier molecular flexibility index (Phi) is 9.98. The third-order valence-corrected chi connectivity index (χ3v) is 5.64. The molecule has 1 aliphatic rings. The number of amides is 2. The second-order valence-electron chi connectivity index (χ2n) is 6.40. The summed E-state index contributed by atoms with van der Waals surface area (Å²) in [5.74, 6) is -0.108. The van der Waals surface area contributed by atoms with Gasteiger partial charge >= 0.3 is 0 Å². The Morgan fingerprint density at radius 3 is 2.58 bits per heavy atom. The van der Waals surface area contributed by atoms with Gasteiger partial charge in [-0.05, 0) is 56.5 Å². The maximum absolute atomic E-state index is 12.8. The number of thioether (sulfide) groups is 1. The van der Waals surface area contributed by atoms with Crippen LogP contribution in [0.25, 0.3) is 0 Å². The van der Waals surface area contributed by atoms with Crippen molar-refractivity contribution in [3.8, 4) is 0 Å². The van der Waals surface area contributed by atoms with Crippen LogP contribution in [0.2, 0.25) is 0 Å². The minimum Gasteiger partial charge on any atom is -0.352 e. The van der Waals surface area contributed by atoms with Crippen LogP contribution in [0.5, 0.6) is 0 Å². The van der Waals surface area contributed by atoms with E-state index in [1.807, 2.05) is 0 Å². The molecule has 0 spiro atoms. The minimum atomic E-state index is -0.351. The molecule has 0 aromatic heterocycles. The van der Waals surface area contributed by atoms with Crippen molar-refractivity contribution in [1.29, 1.82) is 0 Å². The number of nitrogens with one attached hydrogen (secondary N) is 2. The highest BCUT2D eigenvalue weighted by Gasteiger charge is 2.27. The van der Waals surface area contributed by atoms with Gasteiger partial charge in [0.2, 0.25) is 11.8 Å². The standard InChI is InChI=1S/C18H26FN3O2S.ClH/c1-12(18(24)22-16-5-3-2-4-13(16)10-20)25-11-17(23)21-15-8-6-14(19)7-9-15;/h6-9,12-13,16H,2-5,10-11,20H2,1H3,(H,21,23)(H,22,24);1H. The Balaban J connectivity index is 0.00000338. The van der Waals surface area contributed by atoms with E-state index in [-0.39, 0.29) is 47.1 Å². The fourth-order valence-corrected chi connectivity index (χ4v) is 3.68. The molecule has 1 aromatic rings. The van der Waals surface area contributed by atoms with Gasteiger partial charge in [0.15, 0.2) is 0 Å². The van der Waals surface area contributed by atoms with Gasteiger partial charge in [0, 0.05) is 11.7 Å². The van der Waals surface area contributed by atoms with E-state index in [1.165, 1.54) is 42.4 Å². The summed E-state index contributed by atoms with van der Waals surface area (Å²) >= 11 is 1.28. The Labute approximate surface area is 164 Å². The summed E-state index contributed by atoms with van der Waals surface area (Å²) in [5.41, 5.74) is 6.33. The number of hydrogen-bond donors (Lipinski definition) is 3. The summed E-state index contributed by atoms with van der Waals surface area (Å²) in [6, 6.07) is 5.73. The summed E-state index contributed by atoms with van der Waals surface area (Å²) in [7, 11) is 0. The van der Waals surface area contributed by atoms with E-state index in [4.69, 9.17) is 5.73 Å². The van der Waals surface area contributed by atoms with Crippen molar-refractivity contribution < 1.29 is 14.0 Å². The normalized spacial score (nSPS) is 20.6. The van der Waals surface area contributed by atoms with E-state index in [1.54, 1.807) is 6.92 Å². The Morgan fingerprint density at radius 2 is 1.92 bits per heavy atom. The molecule has 1 aliphatic carbocycles. The molecule has 146 valence electrons. The van der Waals surface area contributed by atoms with E-state index in [9.17, 15) is 14.0 Å². The van der Waals surface area contributed by atoms with Gasteiger partial charge in [0.1, 0.15) is 5.82 Å². The minimum absolute atomic E-state index is 0. The molecule has 0 saturated heterocycles. The lowest BCUT2D eigenvalue weighted by atomic mass is 9.84. The molecule has 4 N–H and O–H groups in total. The molecule has 26 heavy (non-hydrogen) atoms. The molecule has 3 atom stereocenters. The van der Waals surface area contributed by atoms with Crippen LogP contribution in [0.4, 0.5) is 10.1 Å². The second-order valence-corrected chi connectivity index (χ2v) is 7.73. The van der Waals surface area contributed by atoms with Crippen molar-refractivity contribution >= 4 is 41.7 Å². The second kappa shape index (κ2) is 11.4. The van der Waals surface area contributed by atoms with Crippen molar-refractivity contribution in [1.82, 2.24) is 5.32 Å². The van der Waals surface area contributed by atoms with Gasteiger partial charge in [-0.15, -0.1) is 24.2 Å². The first-order valence-corrected chi connectivity index (χ1v) is 9.72. The van der Waals surface area contributed by atoms with Gasteiger partial charge in [0.05, 0.1) is 11.0 Å². The summed E-state index contributed by atoms with van der Waals surface area (Å²) in [4.78, 5) is 24.3. The third kappa shape index (κ3) is 7.13. The van der Waals surface area contributed by atoms with Crippen molar-refractivity contribution in [2.75, 3.05) is 17.6 Å². The SMILES string of the molecule is CC(SCC(=O)Nc1ccc(F)cc1)C(=O)NC1CCCCC1CN.Cl. The molecule has 0 bridgehead atoms. The molecular weight excluding hydrogens is 377 g/mol. The van der Waals surface area contributed by atoms with E-state index < -0.39 is 0 Å². The van der Waals surface area contributed by atoms with E-state index >= 15 is 0 Å². The molecule has 1 saturated carbocycles. The van der Waals surface area contributed by atoms with Crippen molar-refractivity contribution in [3.63, 3.8) is 0 Å². The molecular formula is C18H27ClFN3O2S. The zero-order valence-electron chi connectivity index (χ0n) is 14.9. The van der Waals surface area contributed by atoms with Crippen LogP contribution in [0.15, 0.2) is 24.3 Å². The predicted octanol–water partition coefficient (Wildman–Crippen LogP) is 2.94. The zero-order chi connectivity index (χ0) is 18.2. The van der Waals surface area contributed by atoms with Gasteiger partial charge in [0.25, 0.3) is 0 Å². The number of benzene rings is 1. The Bertz CT molecular complexity index is 588. The highest BCUT2D eigenvalue weighted by atomic mass is 35.5. The van der Waals surface area contributed by atoms with Crippen molar-refractivity contribution in [3.05, 3.63) is 30.1 Å². The van der Waals surface area contributed by atoms with Crippen molar-refractivity contribution in [2.24, 2.45) is 11.7 Å². The Hall–Kier alpha value is -1.31. The lowest BCUT2D eigenvalue weighted by molar-refractivity contribution is -0.121. The van der Waals surface area contributed by atoms with E-state index in [0.717, 1.165) is 19.3 Å². The molecule has 0 aliphatic heterocycles. The van der Waals surface area contributed by atoms with Crippen LogP contribution < -0.4 is 16.4 Å². The lowest BCUT2D eigenvalue weighted by Crippen LogP contribution is -2.47. The highest BCUT2D eigenvalue weighted by molar-refractivity contribution is 8.01. The number of carbonyl (C=O) groups excluding carboxylic acids is 2. The number of hydrogen-bond acceptors (Lipinski definition) is 4. The number of nitrogens with two attached hydrogens (primary N) is 1. The summed E-state index contributed by atoms with van der Waals surface area (Å²) in [6.45, 7) is 2.39. The third-order valence-electron chi connectivity index (χ3n) is 4.50. The molecule has 0 heterocycles. The van der Waals surface area contributed by atoms with Crippen LogP contribution in [0.3, 0.4) is 0 Å². The molecule has 3 unspecified atom stereocenters. The lowest BCUT2D eigenvalue weighted by Gasteiger charge is -2.32. The average molecular weight is 404 g/mol. The topological polar surface area (TPSA) is 84.2 Å². The first kappa shape index (κ1) is 22.7. The summed E-state index contributed by atoms with van der Waals surface area (Å²) in [6.07, 6.45) is 4.31. The molecule has 1 fully saturated rings. The van der Waals surface area contributed by atoms with Crippen LogP contribution >= 0.6 is 24.2 Å². The van der Waals surface area contributed by atoms with Gasteiger partial charge in [-0.25, -0.2) is 4.39 Å². The van der Waals surface area contributed by atoms with Crippen LogP contribution in [0, 0.1) is 11.7 Å². The van der Waals surface area contributed by atoms with Gasteiger partial charge in [-0.3, -0.25) is 9.59 Å². The highest BCUT2D eigenvalue weighted by Crippen LogP contribution is 2.24. The molecule has 2 rings (SSSR count). The largest absolute Gasteiger partial charge is 0.352 e. The molecule has 8 heteroatoms. The predicted molar refractivity (Wildman–Crippen MR) is 107 cm³/mol. The first-order valence-electron chi connectivity index (χ1n) is 8.67. The van der Waals surface area contributed by atoms with Crippen LogP contribution in [-0.2, 0) is 9.59 Å². The van der Waals surface area contributed by atoms with Crippen LogP contribution in [-0.4, -0.2) is 35.4 Å². The molecule has 5 nitrogen and oxygen atoms in total. The average Bonchev–Trinajstić information content (AvgIpc) is 2.62. The van der Waals surface area contributed by atoms with Crippen LogP contribution in [0.1, 0.15) is 32.6 Å². The molecule has 1 aromatic carbocycles. The van der Waals surface area contributed by atoms with Gasteiger partial charge in [-0.2, -0.15) is 0 Å². The van der Waals surface area contributed by atoms with E-state index in [2.05, 4.69) is 10.6 Å². The van der Waals surface area contributed by atoms with Gasteiger partial charge < -0.3 is 16.4 Å². The maximum Gasteiger partial charge on any atom is 0.234 e. The van der Waals surface area contributed by atoms with Crippen molar-refractivity contribution in [2.45, 2.75) is 43.9 Å². The Morgan fingerprint density at radius 1 is 1.27 bits per heavy atom.